The molecule has 0 spiro atoms. The van der Waals surface area contributed by atoms with E-state index in [0.717, 1.165) is 10.4 Å². The van der Waals surface area contributed by atoms with Crippen molar-refractivity contribution in [2.24, 2.45) is 4.99 Å². The first-order valence-electron chi connectivity index (χ1n) is 8.26. The Morgan fingerprint density at radius 2 is 2.15 bits per heavy atom. The van der Waals surface area contributed by atoms with Crippen molar-refractivity contribution in [1.29, 1.82) is 0 Å². The van der Waals surface area contributed by atoms with Crippen molar-refractivity contribution in [3.8, 4) is 5.75 Å². The molecule has 0 fully saturated rings. The molecule has 142 valence electrons. The molecule has 2 atom stereocenters. The summed E-state index contributed by atoms with van der Waals surface area (Å²) in [5.41, 5.74) is 0.763. The Morgan fingerprint density at radius 3 is 2.73 bits per heavy atom. The molecule has 8 heteroatoms. The maximum atomic E-state index is 13.9. The van der Waals surface area contributed by atoms with E-state index in [0.29, 0.717) is 16.8 Å². The van der Waals surface area contributed by atoms with Crippen LogP contribution in [0.2, 0.25) is 4.34 Å². The highest BCUT2D eigenvalue weighted by Crippen LogP contribution is 2.27. The molecule has 0 aliphatic heterocycles. The first-order valence-corrected chi connectivity index (χ1v) is 9.45. The first-order chi connectivity index (χ1) is 12.4. The largest absolute Gasteiger partial charge is 0.494 e. The maximum Gasteiger partial charge on any atom is 0.191 e. The minimum absolute atomic E-state index is 0.179. The number of halogens is 2. The fraction of sp³-hybridized carbons (Fsp3) is 0.389. The third kappa shape index (κ3) is 5.59. The zero-order valence-corrected chi connectivity index (χ0v) is 16.5. The lowest BCUT2D eigenvalue weighted by Gasteiger charge is -2.19. The third-order valence-electron chi connectivity index (χ3n) is 3.72. The molecule has 2 unspecified atom stereocenters. The molecule has 2 rings (SSSR count). The first kappa shape index (κ1) is 20.5. The number of thiophene rings is 1. The quantitative estimate of drug-likeness (QED) is 0.488. The normalized spacial score (nSPS) is 14.0. The van der Waals surface area contributed by atoms with Crippen LogP contribution in [0.25, 0.3) is 0 Å². The maximum absolute atomic E-state index is 13.9. The molecule has 1 aromatic heterocycles. The topological polar surface area (TPSA) is 65.9 Å². The van der Waals surface area contributed by atoms with Gasteiger partial charge in [0, 0.05) is 11.4 Å². The van der Waals surface area contributed by atoms with E-state index >= 15 is 0 Å². The summed E-state index contributed by atoms with van der Waals surface area (Å²) >= 11 is 7.22. The lowest BCUT2D eigenvalue weighted by atomic mass is 10.1. The van der Waals surface area contributed by atoms with Gasteiger partial charge in [-0.3, -0.25) is 4.99 Å². The van der Waals surface area contributed by atoms with Crippen LogP contribution < -0.4 is 15.4 Å². The van der Waals surface area contributed by atoms with E-state index in [2.05, 4.69) is 15.6 Å². The fourth-order valence-corrected chi connectivity index (χ4v) is 3.37. The number of aliphatic hydroxyl groups is 1. The van der Waals surface area contributed by atoms with Crippen molar-refractivity contribution < 1.29 is 14.2 Å². The van der Waals surface area contributed by atoms with Crippen molar-refractivity contribution in [2.45, 2.75) is 26.0 Å². The van der Waals surface area contributed by atoms with E-state index in [4.69, 9.17) is 16.3 Å². The van der Waals surface area contributed by atoms with Crippen molar-refractivity contribution in [1.82, 2.24) is 10.6 Å². The van der Waals surface area contributed by atoms with Crippen LogP contribution in [-0.4, -0.2) is 31.3 Å². The second-order valence-corrected chi connectivity index (χ2v) is 7.38. The predicted octanol–water partition coefficient (Wildman–Crippen LogP) is 3.90. The molecule has 0 bridgehead atoms. The summed E-state index contributed by atoms with van der Waals surface area (Å²) in [4.78, 5) is 5.17. The molecule has 0 aliphatic carbocycles. The molecule has 1 aromatic carbocycles. The summed E-state index contributed by atoms with van der Waals surface area (Å²) in [5.74, 6) is 0.336. The lowest BCUT2D eigenvalue weighted by Crippen LogP contribution is -2.39. The summed E-state index contributed by atoms with van der Waals surface area (Å²) in [6, 6.07) is 8.18. The van der Waals surface area contributed by atoms with Gasteiger partial charge in [-0.05, 0) is 43.7 Å². The molecule has 0 radical (unpaired) electrons. The number of hydrogen-bond donors (Lipinski definition) is 3. The van der Waals surface area contributed by atoms with Crippen LogP contribution in [0.3, 0.4) is 0 Å². The van der Waals surface area contributed by atoms with E-state index < -0.39 is 11.9 Å². The molecule has 2 aromatic rings. The van der Waals surface area contributed by atoms with Gasteiger partial charge in [0.2, 0.25) is 0 Å². The molecule has 0 aliphatic rings. The van der Waals surface area contributed by atoms with Gasteiger partial charge < -0.3 is 20.5 Å². The Kier molecular flexibility index (Phi) is 7.68. The number of nitrogens with one attached hydrogen (secondary N) is 2. The van der Waals surface area contributed by atoms with Gasteiger partial charge >= 0.3 is 0 Å². The van der Waals surface area contributed by atoms with Crippen LogP contribution >= 0.6 is 22.9 Å². The highest BCUT2D eigenvalue weighted by atomic mass is 35.5. The number of ether oxygens (including phenoxy) is 1. The second kappa shape index (κ2) is 9.75. The molecule has 0 saturated heterocycles. The number of nitrogens with zero attached hydrogens (tertiary/aromatic N) is 1. The Hall–Kier alpha value is -1.83. The minimum atomic E-state index is -0.725. The molecule has 0 amide bonds. The molecule has 26 heavy (non-hydrogen) atoms. The van der Waals surface area contributed by atoms with Gasteiger partial charge in [0.1, 0.15) is 6.10 Å². The van der Waals surface area contributed by atoms with Crippen molar-refractivity contribution in [3.63, 3.8) is 0 Å². The van der Waals surface area contributed by atoms with Crippen LogP contribution in [0, 0.1) is 5.82 Å². The summed E-state index contributed by atoms with van der Waals surface area (Å²) in [5, 5.41) is 16.5. The van der Waals surface area contributed by atoms with Gasteiger partial charge in [-0.2, -0.15) is 0 Å². The number of hydrogen-bond acceptors (Lipinski definition) is 4. The Bertz CT molecular complexity index is 754. The van der Waals surface area contributed by atoms with Crippen LogP contribution in [0.1, 0.15) is 36.4 Å². The highest BCUT2D eigenvalue weighted by molar-refractivity contribution is 7.16. The average Bonchev–Trinajstić information content (AvgIpc) is 3.06. The van der Waals surface area contributed by atoms with E-state index in [9.17, 15) is 9.50 Å². The number of guanidine groups is 1. The Morgan fingerprint density at radius 1 is 1.38 bits per heavy atom. The number of rotatable bonds is 7. The zero-order chi connectivity index (χ0) is 19.1. The van der Waals surface area contributed by atoms with E-state index in [1.165, 1.54) is 24.5 Å². The van der Waals surface area contributed by atoms with Crippen molar-refractivity contribution >= 4 is 28.9 Å². The summed E-state index contributed by atoms with van der Waals surface area (Å²) in [6.07, 6.45) is -0.725. The van der Waals surface area contributed by atoms with Gasteiger partial charge in [0.25, 0.3) is 0 Å². The van der Waals surface area contributed by atoms with E-state index in [1.54, 1.807) is 24.3 Å². The van der Waals surface area contributed by atoms with Crippen molar-refractivity contribution in [2.75, 3.05) is 20.2 Å². The van der Waals surface area contributed by atoms with Gasteiger partial charge in [-0.1, -0.05) is 17.7 Å². The lowest BCUT2D eigenvalue weighted by molar-refractivity contribution is 0.191. The average molecular weight is 400 g/mol. The van der Waals surface area contributed by atoms with E-state index in [-0.39, 0.29) is 18.3 Å². The van der Waals surface area contributed by atoms with Crippen molar-refractivity contribution in [3.05, 3.63) is 50.9 Å². The molecule has 1 heterocycles. The van der Waals surface area contributed by atoms with Gasteiger partial charge in [0.05, 0.1) is 24.0 Å². The molecular weight excluding hydrogens is 377 g/mol. The standard InChI is InChI=1S/C18H23ClFN3O2S/c1-4-21-18(22-10-14(24)16-7-8-17(19)26-16)23-11(2)12-5-6-15(25-3)13(20)9-12/h5-9,11,14,24H,4,10H2,1-3H3,(H2,21,22,23). The molecule has 3 N–H and O–H groups in total. The fourth-order valence-electron chi connectivity index (χ4n) is 2.34. The zero-order valence-electron chi connectivity index (χ0n) is 14.9. The monoisotopic (exact) mass is 399 g/mol. The predicted molar refractivity (Wildman–Crippen MR) is 105 cm³/mol. The number of methoxy groups -OCH3 is 1. The number of aliphatic imine (C=N–C) groups is 1. The van der Waals surface area contributed by atoms with Crippen LogP contribution in [0.15, 0.2) is 35.3 Å². The summed E-state index contributed by atoms with van der Waals surface area (Å²) in [6.45, 7) is 4.71. The number of aliphatic hydroxyl groups excluding tert-OH is 1. The van der Waals surface area contributed by atoms with E-state index in [1.807, 2.05) is 13.8 Å². The smallest absolute Gasteiger partial charge is 0.191 e. The SMILES string of the molecule is CCNC(=NCC(O)c1ccc(Cl)s1)NC(C)c1ccc(OC)c(F)c1. The molecular formula is C18H23ClFN3O2S. The Labute approximate surface area is 161 Å². The molecule has 0 saturated carbocycles. The van der Waals surface area contributed by atoms with Gasteiger partial charge in [0.15, 0.2) is 17.5 Å². The van der Waals surface area contributed by atoms with Crippen LogP contribution in [0.4, 0.5) is 4.39 Å². The Balaban J connectivity index is 2.05. The second-order valence-electron chi connectivity index (χ2n) is 5.64. The number of benzene rings is 1. The van der Waals surface area contributed by atoms with Gasteiger partial charge in [-0.15, -0.1) is 11.3 Å². The third-order valence-corrected chi connectivity index (χ3v) is 5.05. The van der Waals surface area contributed by atoms with Gasteiger partial charge in [-0.25, -0.2) is 4.39 Å². The van der Waals surface area contributed by atoms with Crippen LogP contribution in [-0.2, 0) is 0 Å². The molecule has 5 nitrogen and oxygen atoms in total. The highest BCUT2D eigenvalue weighted by Gasteiger charge is 2.13. The summed E-state index contributed by atoms with van der Waals surface area (Å²) in [7, 11) is 1.43. The van der Waals surface area contributed by atoms with Crippen LogP contribution in [0.5, 0.6) is 5.75 Å². The minimum Gasteiger partial charge on any atom is -0.494 e. The summed E-state index contributed by atoms with van der Waals surface area (Å²) < 4.78 is 19.5.